The van der Waals surface area contributed by atoms with E-state index < -0.39 is 0 Å². The molecule has 16 aromatic heterocycles. The van der Waals surface area contributed by atoms with Crippen LogP contribution in [0.15, 0.2) is 342 Å². The van der Waals surface area contributed by atoms with Crippen molar-refractivity contribution in [2.24, 2.45) is 17.8 Å². The van der Waals surface area contributed by atoms with Crippen molar-refractivity contribution in [2.75, 3.05) is 17.2 Å². The number of hydrogen-bond donors (Lipinski definition) is 12. The van der Waals surface area contributed by atoms with E-state index in [2.05, 4.69) is 193 Å². The molecule has 16 heterocycles. The summed E-state index contributed by atoms with van der Waals surface area (Å²) >= 11 is 0. The summed E-state index contributed by atoms with van der Waals surface area (Å²) in [5, 5.41) is 48.2. The molecule has 0 atom stereocenters. The van der Waals surface area contributed by atoms with E-state index in [4.69, 9.17) is 37.6 Å². The van der Waals surface area contributed by atoms with Crippen molar-refractivity contribution in [3.63, 3.8) is 0 Å². The maximum atomic E-state index is 12.8. The number of aromatic nitrogens is 20. The van der Waals surface area contributed by atoms with Crippen molar-refractivity contribution in [2.45, 2.75) is 103 Å². The Morgan fingerprint density at radius 2 is 0.600 bits per heavy atom. The Morgan fingerprint density at radius 3 is 0.947 bits per heavy atom. The number of benzene rings is 9. The number of furan rings is 4. The first-order valence-corrected chi connectivity index (χ1v) is 50.9. The van der Waals surface area contributed by atoms with Gasteiger partial charge >= 0.3 is 0 Å². The molecule has 0 spiro atoms. The summed E-state index contributed by atoms with van der Waals surface area (Å²) in [6.07, 6.45) is 43.4. The molecule has 12 N–H and O–H groups in total. The molecule has 3 aliphatic rings. The first-order chi connectivity index (χ1) is 74.1. The number of carbonyl (C=O) groups excluding carboxylic acids is 2. The Hall–Kier alpha value is -18.7. The van der Waals surface area contributed by atoms with Crippen LogP contribution < -0.4 is 21.3 Å². The number of pyridine rings is 4. The highest BCUT2D eigenvalue weighted by Gasteiger charge is 2.28. The normalized spacial score (nSPS) is 13.5. The number of anilines is 2. The lowest BCUT2D eigenvalue weighted by molar-refractivity contribution is -0.121. The molecule has 9 aromatic carbocycles. The molecule has 28 rings (SSSR count). The highest BCUT2D eigenvalue weighted by Crippen LogP contribution is 2.42. The van der Waals surface area contributed by atoms with Crippen LogP contribution in [0.4, 0.5) is 11.4 Å². The second kappa shape index (κ2) is 41.4. The smallest absolute Gasteiger partial charge is 0.227 e. The molecule has 0 unspecified atom stereocenters. The van der Waals surface area contributed by atoms with Crippen LogP contribution in [0.3, 0.4) is 0 Å². The van der Waals surface area contributed by atoms with E-state index in [1.165, 1.54) is 43.2 Å². The molecule has 30 heteroatoms. The van der Waals surface area contributed by atoms with Gasteiger partial charge in [0, 0.05) is 157 Å². The lowest BCUT2D eigenvalue weighted by Crippen LogP contribution is -2.24. The summed E-state index contributed by atoms with van der Waals surface area (Å²) in [7, 11) is 0. The standard InChI is InChI=1S/C31H24N6O.C30H26N6O2.C30H28N6O.C29H24N6O2/c1-2-5-20(6-3-1)15-32-16-21-13-24(18-33-17-21)22-9-10-27-26(14-22)30(37-36-27)31-34-28-8-4-7-25(29(28)35-31)23-11-12-38-19-23;37-30(18-5-2-1-3-6-18)32-22-13-21(15-31-16-22)19-9-10-25-24(14-19)28(36-35-25)29-33-26-8-4-7-23(27(26)34-29)20-11-12-38-17-20;1-2-5-19(4-1)14-31-15-20-12-23(17-32-16-20)21-8-9-26-25(13-21)29(36-35-26)30-33-27-7-3-6-24(28(27)34-30)22-10-11-37-18-22;36-29(17-4-1-2-5-17)31-21-12-20(14-30-15-21)18-8-9-24-23(13-18)27(35-34-24)28-32-25-7-3-6-22(26(25)33-28)19-10-11-37-16-19/h1-14,17-19,32H,15-16H2,(H,34,35)(H,36,37);4,7-18H,1-3,5-6H2,(H,32,37)(H,33,34)(H,35,36);3,6-13,16-19,31H,1-2,4-5,14-15H2,(H,33,34)(H,35,36);3,6-17H,1-2,4-5H2,(H,31,36)(H,32,33)(H,34,35). The maximum absolute atomic E-state index is 12.8. The first kappa shape index (κ1) is 92.4. The highest BCUT2D eigenvalue weighted by atomic mass is 16.3. The molecular weight excluding hydrogens is 1870 g/mol. The third-order valence-electron chi connectivity index (χ3n) is 28.9. The molecule has 3 aliphatic carbocycles. The van der Waals surface area contributed by atoms with Gasteiger partial charge < -0.3 is 58.9 Å². The molecule has 0 radical (unpaired) electrons. The van der Waals surface area contributed by atoms with Gasteiger partial charge in [-0.2, -0.15) is 20.4 Å². The van der Waals surface area contributed by atoms with E-state index in [0.717, 1.165) is 306 Å². The molecule has 0 aliphatic heterocycles. The molecule has 3 saturated carbocycles. The second-order valence-corrected chi connectivity index (χ2v) is 38.8. The Balaban J connectivity index is 0.000000104. The van der Waals surface area contributed by atoms with Gasteiger partial charge in [-0.3, -0.25) is 49.9 Å². The van der Waals surface area contributed by atoms with Crippen LogP contribution in [0.1, 0.15) is 100 Å². The van der Waals surface area contributed by atoms with Crippen molar-refractivity contribution in [1.29, 1.82) is 0 Å². The number of rotatable bonds is 24. The summed E-state index contributed by atoms with van der Waals surface area (Å²) in [5.74, 6) is 4.03. The Kier molecular flexibility index (Phi) is 25.5. The van der Waals surface area contributed by atoms with Gasteiger partial charge in [0.25, 0.3) is 0 Å². The van der Waals surface area contributed by atoms with E-state index in [1.54, 1.807) is 62.5 Å². The number of nitrogens with one attached hydrogen (secondary N) is 12. The molecule has 30 nitrogen and oxygen atoms in total. The van der Waals surface area contributed by atoms with Crippen LogP contribution in [0.25, 0.3) is 223 Å². The van der Waals surface area contributed by atoms with E-state index in [1.807, 2.05) is 171 Å². The average molecular weight is 1980 g/mol. The number of carbonyl (C=O) groups is 2. The van der Waals surface area contributed by atoms with E-state index in [-0.39, 0.29) is 23.7 Å². The largest absolute Gasteiger partial charge is 0.472 e. The van der Waals surface area contributed by atoms with Crippen molar-refractivity contribution < 1.29 is 27.3 Å². The zero-order valence-electron chi connectivity index (χ0n) is 81.7. The van der Waals surface area contributed by atoms with E-state index in [0.29, 0.717) is 17.3 Å². The van der Waals surface area contributed by atoms with Gasteiger partial charge in [0.15, 0.2) is 23.3 Å². The number of imidazole rings is 4. The number of aromatic amines is 8. The summed E-state index contributed by atoms with van der Waals surface area (Å²) in [6.45, 7) is 3.49. The van der Waals surface area contributed by atoms with Crippen molar-refractivity contribution in [3.8, 4) is 135 Å². The predicted molar refractivity (Wildman–Crippen MR) is 585 cm³/mol. The van der Waals surface area contributed by atoms with Gasteiger partial charge in [-0.15, -0.1) is 0 Å². The number of hydrogen-bond acceptors (Lipinski definition) is 20. The number of H-pyrrole nitrogens is 8. The fourth-order valence-corrected chi connectivity index (χ4v) is 21.1. The molecule has 738 valence electrons. The van der Waals surface area contributed by atoms with Crippen molar-refractivity contribution in [1.82, 2.24) is 111 Å². The SMILES string of the molecule is O=C(Nc1cncc(-c2ccc3[nH]nc(-c4nc5c(-c6ccoc6)cccc5[nH]4)c3c2)c1)C1CCCC1.O=C(Nc1cncc(-c2ccc3[nH]nc(-c4nc5c(-c6ccoc6)cccc5[nH]4)c3c2)c1)C1CCCCC1.c1cc(-c2ccoc2)c2nc(-c3n[nH]c4ccc(-c5cncc(CNCC6CCCC6)c5)cc34)[nH]c2c1.c1ccc(CNCc2cncc(-c3ccc4[nH]nc(-c5nc6c(-c7ccoc7)cccc6[nH]5)c4c3)c2)cc1. The van der Waals surface area contributed by atoms with Crippen LogP contribution in [0.5, 0.6) is 0 Å². The van der Waals surface area contributed by atoms with Gasteiger partial charge in [-0.05, 0) is 211 Å². The van der Waals surface area contributed by atoms with Gasteiger partial charge in [-0.25, -0.2) is 19.9 Å². The minimum absolute atomic E-state index is 0.0868. The minimum Gasteiger partial charge on any atom is -0.472 e. The molecule has 3 fully saturated rings. The van der Waals surface area contributed by atoms with Crippen LogP contribution in [0, 0.1) is 17.8 Å². The maximum Gasteiger partial charge on any atom is 0.227 e. The van der Waals surface area contributed by atoms with Gasteiger partial charge in [0.2, 0.25) is 11.8 Å². The molecule has 2 amide bonds. The van der Waals surface area contributed by atoms with Gasteiger partial charge in [-0.1, -0.05) is 148 Å². The third-order valence-corrected chi connectivity index (χ3v) is 28.9. The fraction of sp³-hybridized carbons (Fsp3) is 0.167. The second-order valence-electron chi connectivity index (χ2n) is 38.8. The number of para-hydroxylation sites is 4. The summed E-state index contributed by atoms with van der Waals surface area (Å²) < 4.78 is 21.2. The first-order valence-electron chi connectivity index (χ1n) is 50.9. The van der Waals surface area contributed by atoms with Crippen molar-refractivity contribution in [3.05, 3.63) is 341 Å². The summed E-state index contributed by atoms with van der Waals surface area (Å²) in [5.41, 5.74) is 35.2. The van der Waals surface area contributed by atoms with Crippen molar-refractivity contribution >= 4 is 111 Å². The summed E-state index contributed by atoms with van der Waals surface area (Å²) in [6, 6.07) is 75.7. The summed E-state index contributed by atoms with van der Waals surface area (Å²) in [4.78, 5) is 76.7. The topological polar surface area (TPSA) is 416 Å². The van der Waals surface area contributed by atoms with Crippen LogP contribution >= 0.6 is 0 Å². The highest BCUT2D eigenvalue weighted by molar-refractivity contribution is 6.05. The minimum atomic E-state index is 0.0868. The van der Waals surface area contributed by atoms with Crippen LogP contribution in [0.2, 0.25) is 0 Å². The molecule has 150 heavy (non-hydrogen) atoms. The average Bonchev–Trinajstić information content (AvgIpc) is 1.62. The van der Waals surface area contributed by atoms with Crippen LogP contribution in [-0.2, 0) is 29.2 Å². The lowest BCUT2D eigenvalue weighted by atomic mass is 9.88. The Labute approximate surface area is 858 Å². The lowest BCUT2D eigenvalue weighted by Gasteiger charge is -2.20. The van der Waals surface area contributed by atoms with Gasteiger partial charge in [0.05, 0.1) is 140 Å². The monoisotopic (exact) mass is 1970 g/mol. The molecule has 25 aromatic rings. The zero-order chi connectivity index (χ0) is 100. The van der Waals surface area contributed by atoms with Crippen LogP contribution in [-0.4, -0.2) is 119 Å². The number of amides is 2. The predicted octanol–water partition coefficient (Wildman–Crippen LogP) is 26.9. The third kappa shape index (κ3) is 19.4. The molecular formula is C120H102N24O6. The van der Waals surface area contributed by atoms with E-state index in [9.17, 15) is 9.59 Å². The zero-order valence-corrected chi connectivity index (χ0v) is 81.7. The molecule has 0 bridgehead atoms. The Bertz CT molecular complexity index is 9120. The number of fused-ring (bicyclic) bond motifs is 8. The fourth-order valence-electron chi connectivity index (χ4n) is 21.1. The Morgan fingerprint density at radius 1 is 0.280 bits per heavy atom. The quantitative estimate of drug-likeness (QED) is 0.0267. The number of nitrogens with zero attached hydrogens (tertiary/aromatic N) is 12. The molecule has 0 saturated heterocycles. The van der Waals surface area contributed by atoms with Gasteiger partial charge in [0.1, 0.15) is 22.8 Å². The van der Waals surface area contributed by atoms with E-state index >= 15 is 0 Å².